The van der Waals surface area contributed by atoms with Crippen LogP contribution in [0.1, 0.15) is 20.3 Å². The molecule has 0 saturated carbocycles. The zero-order chi connectivity index (χ0) is 11.3. The summed E-state index contributed by atoms with van der Waals surface area (Å²) in [6.07, 6.45) is 1.03. The zero-order valence-electron chi connectivity index (χ0n) is 9.85. The molecule has 1 aliphatic heterocycles. The Morgan fingerprint density at radius 2 is 2.33 bits per heavy atom. The molecule has 0 amide bonds. The molecule has 1 heterocycles. The molecule has 0 radical (unpaired) electrons. The van der Waals surface area contributed by atoms with Crippen LogP contribution in [0.5, 0.6) is 0 Å². The van der Waals surface area contributed by atoms with Crippen LogP contribution in [0.15, 0.2) is 0 Å². The summed E-state index contributed by atoms with van der Waals surface area (Å²) >= 11 is 0. The van der Waals surface area contributed by atoms with Crippen LogP contribution in [0.3, 0.4) is 0 Å². The Bertz CT molecular complexity index is 176. The Morgan fingerprint density at radius 3 is 2.80 bits per heavy atom. The van der Waals surface area contributed by atoms with E-state index in [2.05, 4.69) is 4.90 Å². The van der Waals surface area contributed by atoms with Crippen molar-refractivity contribution in [2.75, 3.05) is 32.8 Å². The van der Waals surface area contributed by atoms with E-state index in [1.54, 1.807) is 0 Å². The summed E-state index contributed by atoms with van der Waals surface area (Å²) in [5.41, 5.74) is 5.63. The fourth-order valence-electron chi connectivity index (χ4n) is 2.14. The molecule has 3 N–H and O–H groups in total. The van der Waals surface area contributed by atoms with Crippen molar-refractivity contribution in [3.8, 4) is 0 Å². The Hall–Kier alpha value is -0.160. The quantitative estimate of drug-likeness (QED) is 0.659. The van der Waals surface area contributed by atoms with E-state index >= 15 is 0 Å². The second-order valence-corrected chi connectivity index (χ2v) is 4.36. The highest BCUT2D eigenvalue weighted by molar-refractivity contribution is 4.80. The molecule has 0 aromatic heterocycles. The lowest BCUT2D eigenvalue weighted by Crippen LogP contribution is -2.37. The fourth-order valence-corrected chi connectivity index (χ4v) is 2.14. The second kappa shape index (κ2) is 6.43. The molecule has 1 aliphatic rings. The first-order valence-electron chi connectivity index (χ1n) is 5.89. The molecule has 0 spiro atoms. The van der Waals surface area contributed by atoms with Gasteiger partial charge in [0.2, 0.25) is 0 Å². The Balaban J connectivity index is 2.27. The minimum atomic E-state index is -0.196. The van der Waals surface area contributed by atoms with Gasteiger partial charge in [-0.15, -0.1) is 0 Å². The number of nitrogens with zero attached hydrogens (tertiary/aromatic N) is 1. The molecule has 1 fully saturated rings. The van der Waals surface area contributed by atoms with E-state index < -0.39 is 0 Å². The average Bonchev–Trinajstić information content (AvgIpc) is 2.65. The number of ether oxygens (including phenoxy) is 1. The number of aliphatic hydroxyl groups excluding tert-OH is 1. The number of rotatable bonds is 6. The average molecular weight is 216 g/mol. The molecule has 3 atom stereocenters. The van der Waals surface area contributed by atoms with Crippen molar-refractivity contribution in [3.63, 3.8) is 0 Å². The van der Waals surface area contributed by atoms with Crippen LogP contribution < -0.4 is 5.73 Å². The van der Waals surface area contributed by atoms with Crippen LogP contribution in [-0.2, 0) is 4.74 Å². The molecule has 1 rings (SSSR count). The maximum atomic E-state index is 9.48. The van der Waals surface area contributed by atoms with E-state index in [4.69, 9.17) is 10.5 Å². The maximum absolute atomic E-state index is 9.48. The predicted molar refractivity (Wildman–Crippen MR) is 60.7 cm³/mol. The fraction of sp³-hybridized carbons (Fsp3) is 1.00. The highest BCUT2D eigenvalue weighted by atomic mass is 16.5. The van der Waals surface area contributed by atoms with Crippen molar-refractivity contribution < 1.29 is 9.84 Å². The Kier molecular flexibility index (Phi) is 5.53. The van der Waals surface area contributed by atoms with Crippen LogP contribution in [0.2, 0.25) is 0 Å². The van der Waals surface area contributed by atoms with E-state index in [0.717, 1.165) is 32.7 Å². The molecular formula is C11H24N2O2. The van der Waals surface area contributed by atoms with Crippen molar-refractivity contribution in [1.29, 1.82) is 0 Å². The van der Waals surface area contributed by atoms with Gasteiger partial charge in [0.1, 0.15) is 0 Å². The third kappa shape index (κ3) is 4.07. The van der Waals surface area contributed by atoms with Gasteiger partial charge in [-0.2, -0.15) is 0 Å². The monoisotopic (exact) mass is 216 g/mol. The van der Waals surface area contributed by atoms with E-state index in [9.17, 15) is 5.11 Å². The molecule has 0 aromatic carbocycles. The first-order valence-corrected chi connectivity index (χ1v) is 5.89. The van der Waals surface area contributed by atoms with E-state index in [-0.39, 0.29) is 12.2 Å². The van der Waals surface area contributed by atoms with Crippen molar-refractivity contribution in [2.45, 2.75) is 32.5 Å². The number of likely N-dealkylation sites (tertiary alicyclic amines) is 1. The summed E-state index contributed by atoms with van der Waals surface area (Å²) in [7, 11) is 0. The zero-order valence-corrected chi connectivity index (χ0v) is 9.85. The minimum absolute atomic E-state index is 0.141. The number of hydrogen-bond acceptors (Lipinski definition) is 4. The molecule has 4 nitrogen and oxygen atoms in total. The third-order valence-corrected chi connectivity index (χ3v) is 3.12. The van der Waals surface area contributed by atoms with Crippen molar-refractivity contribution in [3.05, 3.63) is 0 Å². The van der Waals surface area contributed by atoms with Crippen LogP contribution in [0.25, 0.3) is 0 Å². The van der Waals surface area contributed by atoms with Crippen molar-refractivity contribution in [1.82, 2.24) is 4.90 Å². The highest BCUT2D eigenvalue weighted by Gasteiger charge is 2.27. The Labute approximate surface area is 92.4 Å². The first kappa shape index (κ1) is 12.9. The smallest absolute Gasteiger partial charge is 0.0823 e. The lowest BCUT2D eigenvalue weighted by atomic mass is 10.0. The summed E-state index contributed by atoms with van der Waals surface area (Å²) in [6, 6.07) is 0. The summed E-state index contributed by atoms with van der Waals surface area (Å²) in [5, 5.41) is 9.48. The van der Waals surface area contributed by atoms with Crippen molar-refractivity contribution in [2.24, 2.45) is 11.7 Å². The Morgan fingerprint density at radius 1 is 1.60 bits per heavy atom. The first-order chi connectivity index (χ1) is 7.17. The topological polar surface area (TPSA) is 58.7 Å². The second-order valence-electron chi connectivity index (χ2n) is 4.36. The van der Waals surface area contributed by atoms with Gasteiger partial charge >= 0.3 is 0 Å². The van der Waals surface area contributed by atoms with Crippen LogP contribution in [-0.4, -0.2) is 55.0 Å². The molecule has 4 heteroatoms. The van der Waals surface area contributed by atoms with Gasteiger partial charge in [0.05, 0.1) is 12.2 Å². The minimum Gasteiger partial charge on any atom is -0.393 e. The van der Waals surface area contributed by atoms with Gasteiger partial charge in [-0.25, -0.2) is 0 Å². The van der Waals surface area contributed by atoms with Gasteiger partial charge in [0.15, 0.2) is 0 Å². The lowest BCUT2D eigenvalue weighted by Gasteiger charge is -2.23. The molecule has 90 valence electrons. The number of nitrogens with two attached hydrogens (primary N) is 1. The highest BCUT2D eigenvalue weighted by Crippen LogP contribution is 2.19. The maximum Gasteiger partial charge on any atom is 0.0823 e. The lowest BCUT2D eigenvalue weighted by molar-refractivity contribution is 0.0415. The SMILES string of the molecule is CCOC(CN)CN1CCC(C(C)O)C1. The normalized spacial score (nSPS) is 26.8. The van der Waals surface area contributed by atoms with Gasteiger partial charge in [-0.05, 0) is 32.7 Å². The third-order valence-electron chi connectivity index (χ3n) is 3.12. The largest absolute Gasteiger partial charge is 0.393 e. The van der Waals surface area contributed by atoms with Gasteiger partial charge in [-0.1, -0.05) is 0 Å². The predicted octanol–water partition coefficient (Wildman–Crippen LogP) is 0.0529. The van der Waals surface area contributed by atoms with E-state index in [0.29, 0.717) is 12.5 Å². The summed E-state index contributed by atoms with van der Waals surface area (Å²) in [4.78, 5) is 2.34. The molecule has 3 unspecified atom stereocenters. The molecule has 0 aromatic rings. The van der Waals surface area contributed by atoms with Gasteiger partial charge in [0.25, 0.3) is 0 Å². The standard InChI is InChI=1S/C11H24N2O2/c1-3-15-11(6-12)8-13-5-4-10(7-13)9(2)14/h9-11,14H,3-8,12H2,1-2H3. The van der Waals surface area contributed by atoms with Crippen LogP contribution in [0.4, 0.5) is 0 Å². The summed E-state index contributed by atoms with van der Waals surface area (Å²) in [5.74, 6) is 0.421. The molecule has 1 saturated heterocycles. The van der Waals surface area contributed by atoms with Crippen LogP contribution >= 0.6 is 0 Å². The number of hydrogen-bond donors (Lipinski definition) is 2. The van der Waals surface area contributed by atoms with Crippen LogP contribution in [0, 0.1) is 5.92 Å². The van der Waals surface area contributed by atoms with E-state index in [1.807, 2.05) is 13.8 Å². The summed E-state index contributed by atoms with van der Waals surface area (Å²) < 4.78 is 5.52. The van der Waals surface area contributed by atoms with Crippen molar-refractivity contribution >= 4 is 0 Å². The molecule has 15 heavy (non-hydrogen) atoms. The molecule has 0 bridgehead atoms. The molecular weight excluding hydrogens is 192 g/mol. The van der Waals surface area contributed by atoms with Gasteiger partial charge < -0.3 is 20.5 Å². The van der Waals surface area contributed by atoms with E-state index in [1.165, 1.54) is 0 Å². The van der Waals surface area contributed by atoms with Gasteiger partial charge in [0, 0.05) is 26.2 Å². The summed E-state index contributed by atoms with van der Waals surface area (Å²) in [6.45, 7) is 8.08. The molecule has 0 aliphatic carbocycles. The number of aliphatic hydroxyl groups is 1. The van der Waals surface area contributed by atoms with Gasteiger partial charge in [-0.3, -0.25) is 0 Å².